The minimum Gasteiger partial charge on any atom is -0.497 e. The second kappa shape index (κ2) is 5.89. The number of benzene rings is 2. The molecule has 1 heterocycles. The number of amides is 1. The zero-order valence-electron chi connectivity index (χ0n) is 12.0. The van der Waals surface area contributed by atoms with Gasteiger partial charge in [0.05, 0.1) is 13.5 Å². The molecule has 0 saturated carbocycles. The summed E-state index contributed by atoms with van der Waals surface area (Å²) in [4.78, 5) is 15.1. The first-order valence-corrected chi connectivity index (χ1v) is 6.85. The highest BCUT2D eigenvalue weighted by Crippen LogP contribution is 2.20. The molecule has 2 aromatic carbocycles. The second-order valence-corrected chi connectivity index (χ2v) is 4.96. The van der Waals surface area contributed by atoms with Gasteiger partial charge in [0.1, 0.15) is 11.6 Å². The van der Waals surface area contributed by atoms with E-state index in [0.29, 0.717) is 11.2 Å². The molecule has 3 rings (SSSR count). The third-order valence-corrected chi connectivity index (χ3v) is 3.45. The van der Waals surface area contributed by atoms with Gasteiger partial charge in [-0.2, -0.15) is 0 Å². The first-order chi connectivity index (χ1) is 10.7. The molecule has 0 spiro atoms. The predicted octanol–water partition coefficient (Wildman–Crippen LogP) is 3.50. The lowest BCUT2D eigenvalue weighted by Gasteiger charge is -2.06. The Balaban J connectivity index is 1.72. The fourth-order valence-corrected chi connectivity index (χ4v) is 2.36. The Hall–Kier alpha value is -2.82. The molecule has 0 fully saturated rings. The molecule has 1 amide bonds. The first kappa shape index (κ1) is 14.1. The van der Waals surface area contributed by atoms with Crippen LogP contribution < -0.4 is 10.1 Å². The molecule has 1 aromatic heterocycles. The van der Waals surface area contributed by atoms with Gasteiger partial charge in [-0.15, -0.1) is 0 Å². The van der Waals surface area contributed by atoms with E-state index in [1.165, 1.54) is 12.1 Å². The monoisotopic (exact) mass is 298 g/mol. The third-order valence-electron chi connectivity index (χ3n) is 3.45. The topological polar surface area (TPSA) is 54.1 Å². The number of aromatic amines is 1. The number of halogens is 1. The van der Waals surface area contributed by atoms with Crippen LogP contribution in [-0.2, 0) is 11.2 Å². The Bertz CT molecular complexity index is 809. The SMILES string of the molecule is COc1ccc(NC(=O)Cc2c[nH]c3cc(F)ccc23)cc1. The summed E-state index contributed by atoms with van der Waals surface area (Å²) in [6, 6.07) is 11.6. The van der Waals surface area contributed by atoms with Crippen LogP contribution in [-0.4, -0.2) is 18.0 Å². The number of ether oxygens (including phenoxy) is 1. The van der Waals surface area contributed by atoms with Crippen LogP contribution in [0.4, 0.5) is 10.1 Å². The molecule has 0 unspecified atom stereocenters. The largest absolute Gasteiger partial charge is 0.497 e. The number of fused-ring (bicyclic) bond motifs is 1. The summed E-state index contributed by atoms with van der Waals surface area (Å²) in [5.41, 5.74) is 2.23. The molecule has 0 atom stereocenters. The predicted molar refractivity (Wildman–Crippen MR) is 83.6 cm³/mol. The van der Waals surface area contributed by atoms with Crippen LogP contribution in [0.1, 0.15) is 5.56 Å². The third kappa shape index (κ3) is 2.93. The van der Waals surface area contributed by atoms with E-state index in [9.17, 15) is 9.18 Å². The summed E-state index contributed by atoms with van der Waals surface area (Å²) < 4.78 is 18.2. The van der Waals surface area contributed by atoms with E-state index in [2.05, 4.69) is 10.3 Å². The molecule has 0 radical (unpaired) electrons. The summed E-state index contributed by atoms with van der Waals surface area (Å²) in [6.07, 6.45) is 1.95. The van der Waals surface area contributed by atoms with Crippen LogP contribution in [0, 0.1) is 5.82 Å². The van der Waals surface area contributed by atoms with Crippen LogP contribution in [0.2, 0.25) is 0 Å². The maximum Gasteiger partial charge on any atom is 0.228 e. The van der Waals surface area contributed by atoms with Gasteiger partial charge in [-0.25, -0.2) is 4.39 Å². The highest BCUT2D eigenvalue weighted by molar-refractivity contribution is 5.95. The van der Waals surface area contributed by atoms with Crippen LogP contribution in [0.15, 0.2) is 48.7 Å². The molecule has 0 saturated heterocycles. The van der Waals surface area contributed by atoms with Crippen molar-refractivity contribution < 1.29 is 13.9 Å². The Kier molecular flexibility index (Phi) is 3.78. The number of anilines is 1. The number of methoxy groups -OCH3 is 1. The van der Waals surface area contributed by atoms with Crippen molar-refractivity contribution in [2.75, 3.05) is 12.4 Å². The smallest absolute Gasteiger partial charge is 0.228 e. The van der Waals surface area contributed by atoms with Gasteiger partial charge in [0, 0.05) is 22.8 Å². The summed E-state index contributed by atoms with van der Waals surface area (Å²) in [7, 11) is 1.59. The van der Waals surface area contributed by atoms with Crippen molar-refractivity contribution in [2.45, 2.75) is 6.42 Å². The number of aromatic nitrogens is 1. The molecule has 0 aliphatic carbocycles. The van der Waals surface area contributed by atoms with Crippen molar-refractivity contribution >= 4 is 22.5 Å². The number of H-pyrrole nitrogens is 1. The van der Waals surface area contributed by atoms with Crippen LogP contribution >= 0.6 is 0 Å². The maximum absolute atomic E-state index is 13.1. The average Bonchev–Trinajstić information content (AvgIpc) is 2.90. The number of carbonyl (C=O) groups is 1. The van der Waals surface area contributed by atoms with Crippen LogP contribution in [0.5, 0.6) is 5.75 Å². The molecule has 0 aliphatic rings. The van der Waals surface area contributed by atoms with E-state index in [1.54, 1.807) is 43.6 Å². The molecule has 112 valence electrons. The zero-order chi connectivity index (χ0) is 15.5. The molecular weight excluding hydrogens is 283 g/mol. The van der Waals surface area contributed by atoms with Crippen molar-refractivity contribution in [1.82, 2.24) is 4.98 Å². The van der Waals surface area contributed by atoms with Gasteiger partial charge in [-0.05, 0) is 48.0 Å². The van der Waals surface area contributed by atoms with E-state index in [0.717, 1.165) is 16.7 Å². The summed E-state index contributed by atoms with van der Waals surface area (Å²) in [5.74, 6) is 0.302. The number of rotatable bonds is 4. The molecule has 2 N–H and O–H groups in total. The van der Waals surface area contributed by atoms with E-state index in [-0.39, 0.29) is 18.1 Å². The van der Waals surface area contributed by atoms with Gasteiger partial charge < -0.3 is 15.0 Å². The molecule has 3 aromatic rings. The molecule has 5 heteroatoms. The van der Waals surface area contributed by atoms with Gasteiger partial charge in [0.2, 0.25) is 5.91 Å². The van der Waals surface area contributed by atoms with E-state index in [4.69, 9.17) is 4.74 Å². The molecule has 4 nitrogen and oxygen atoms in total. The van der Waals surface area contributed by atoms with E-state index < -0.39 is 0 Å². The number of carbonyl (C=O) groups excluding carboxylic acids is 1. The normalized spacial score (nSPS) is 10.6. The Labute approximate surface area is 126 Å². The highest BCUT2D eigenvalue weighted by Gasteiger charge is 2.09. The lowest BCUT2D eigenvalue weighted by molar-refractivity contribution is -0.115. The summed E-state index contributed by atoms with van der Waals surface area (Å²) >= 11 is 0. The van der Waals surface area contributed by atoms with Crippen molar-refractivity contribution in [1.29, 1.82) is 0 Å². The van der Waals surface area contributed by atoms with Gasteiger partial charge in [0.15, 0.2) is 0 Å². The highest BCUT2D eigenvalue weighted by atomic mass is 19.1. The minimum absolute atomic E-state index is 0.129. The fraction of sp³-hybridized carbons (Fsp3) is 0.118. The molecule has 0 aliphatic heterocycles. The Morgan fingerprint density at radius 2 is 2.00 bits per heavy atom. The Morgan fingerprint density at radius 1 is 1.23 bits per heavy atom. The average molecular weight is 298 g/mol. The van der Waals surface area contributed by atoms with Gasteiger partial charge in [0.25, 0.3) is 0 Å². The van der Waals surface area contributed by atoms with Crippen LogP contribution in [0.3, 0.4) is 0 Å². The van der Waals surface area contributed by atoms with Crippen molar-refractivity contribution in [3.8, 4) is 5.75 Å². The fourth-order valence-electron chi connectivity index (χ4n) is 2.36. The van der Waals surface area contributed by atoms with Gasteiger partial charge in [-0.3, -0.25) is 4.79 Å². The van der Waals surface area contributed by atoms with Crippen molar-refractivity contribution in [2.24, 2.45) is 0 Å². The maximum atomic E-state index is 13.1. The van der Waals surface area contributed by atoms with Crippen molar-refractivity contribution in [3.63, 3.8) is 0 Å². The molecule has 0 bridgehead atoms. The molecule has 22 heavy (non-hydrogen) atoms. The van der Waals surface area contributed by atoms with E-state index >= 15 is 0 Å². The van der Waals surface area contributed by atoms with E-state index in [1.807, 2.05) is 0 Å². The van der Waals surface area contributed by atoms with Crippen molar-refractivity contribution in [3.05, 3.63) is 60.0 Å². The molecular formula is C17H15FN2O2. The lowest BCUT2D eigenvalue weighted by Crippen LogP contribution is -2.14. The van der Waals surface area contributed by atoms with Crippen LogP contribution in [0.25, 0.3) is 10.9 Å². The standard InChI is InChI=1S/C17H15FN2O2/c1-22-14-5-3-13(4-6-14)20-17(21)8-11-10-19-16-9-12(18)2-7-15(11)16/h2-7,9-10,19H,8H2,1H3,(H,20,21). The number of hydrogen-bond donors (Lipinski definition) is 2. The summed E-state index contributed by atoms with van der Waals surface area (Å²) in [5, 5.41) is 3.68. The lowest BCUT2D eigenvalue weighted by atomic mass is 10.1. The minimum atomic E-state index is -0.302. The number of hydrogen-bond acceptors (Lipinski definition) is 2. The van der Waals surface area contributed by atoms with Gasteiger partial charge >= 0.3 is 0 Å². The Morgan fingerprint density at radius 3 is 2.73 bits per heavy atom. The quantitative estimate of drug-likeness (QED) is 0.774. The van der Waals surface area contributed by atoms with Gasteiger partial charge in [-0.1, -0.05) is 0 Å². The second-order valence-electron chi connectivity index (χ2n) is 4.96. The first-order valence-electron chi connectivity index (χ1n) is 6.85. The number of nitrogens with one attached hydrogen (secondary N) is 2. The zero-order valence-corrected chi connectivity index (χ0v) is 12.0. The summed E-state index contributed by atoms with van der Waals surface area (Å²) in [6.45, 7) is 0.